The Morgan fingerprint density at radius 1 is 0.938 bits per heavy atom. The van der Waals surface area contributed by atoms with Gasteiger partial charge in [0.05, 0.1) is 0 Å². The molecule has 2 amide bonds. The molecule has 1 aliphatic heterocycles. The van der Waals surface area contributed by atoms with Crippen molar-refractivity contribution in [2.45, 2.75) is 39.2 Å². The van der Waals surface area contributed by atoms with E-state index in [0.29, 0.717) is 0 Å². The largest absolute Gasteiger partial charge is 0.356 e. The molecule has 5 heteroatoms. The number of rotatable bonds is 4. The van der Waals surface area contributed by atoms with Gasteiger partial charge in [-0.1, -0.05) is 68.8 Å². The summed E-state index contributed by atoms with van der Waals surface area (Å²) >= 11 is 0. The molecular weight excluding hydrogens is 396 g/mol. The highest BCUT2D eigenvalue weighted by Crippen LogP contribution is 2.23. The zero-order valence-corrected chi connectivity index (χ0v) is 19.4. The van der Waals surface area contributed by atoms with Crippen molar-refractivity contribution in [3.05, 3.63) is 79.0 Å². The van der Waals surface area contributed by atoms with Crippen molar-refractivity contribution < 1.29 is 4.79 Å². The van der Waals surface area contributed by atoms with Gasteiger partial charge in [0.2, 0.25) is 0 Å². The number of piperidine rings is 1. The fraction of sp³-hybridized carbons (Fsp3) is 0.333. The number of urea groups is 1. The fourth-order valence-electron chi connectivity index (χ4n) is 3.78. The van der Waals surface area contributed by atoms with E-state index in [1.807, 2.05) is 78.8 Å². The molecule has 0 saturated carbocycles. The molecule has 1 fully saturated rings. The molecule has 3 aromatic rings. The number of anilines is 2. The van der Waals surface area contributed by atoms with Crippen LogP contribution in [0, 0.1) is 0 Å². The number of carbonyl (C=O) groups excluding carboxylic acids is 1. The number of pyridine rings is 1. The molecule has 4 rings (SSSR count). The van der Waals surface area contributed by atoms with E-state index in [0.717, 1.165) is 43.0 Å². The summed E-state index contributed by atoms with van der Waals surface area (Å²) in [6.45, 7) is 6.07. The van der Waals surface area contributed by atoms with Crippen molar-refractivity contribution >= 4 is 17.5 Å². The summed E-state index contributed by atoms with van der Waals surface area (Å²) in [5.74, 6) is 1.01. The van der Waals surface area contributed by atoms with E-state index in [-0.39, 0.29) is 12.1 Å². The topological polar surface area (TPSA) is 48.5 Å². The van der Waals surface area contributed by atoms with E-state index in [1.165, 1.54) is 12.0 Å². The Morgan fingerprint density at radius 2 is 1.53 bits per heavy atom. The molecule has 1 aliphatic rings. The summed E-state index contributed by atoms with van der Waals surface area (Å²) in [6, 6.07) is 24.4. The normalized spacial score (nSPS) is 13.7. The highest BCUT2D eigenvalue weighted by atomic mass is 16.2. The molecule has 1 N–H and O–H groups in total. The molecule has 1 saturated heterocycles. The zero-order chi connectivity index (χ0) is 22.8. The average molecular weight is 431 g/mol. The van der Waals surface area contributed by atoms with E-state index < -0.39 is 0 Å². The van der Waals surface area contributed by atoms with Gasteiger partial charge in [0, 0.05) is 38.1 Å². The number of hydrogen-bond acceptors (Lipinski definition) is 3. The van der Waals surface area contributed by atoms with Gasteiger partial charge in [0.1, 0.15) is 5.82 Å². The van der Waals surface area contributed by atoms with Gasteiger partial charge >= 0.3 is 6.03 Å². The van der Waals surface area contributed by atoms with Crippen molar-refractivity contribution in [2.75, 3.05) is 30.4 Å². The Bertz CT molecular complexity index is 936. The lowest BCUT2D eigenvalue weighted by Crippen LogP contribution is -2.47. The summed E-state index contributed by atoms with van der Waals surface area (Å²) in [6.07, 6.45) is 4.95. The van der Waals surface area contributed by atoms with Crippen molar-refractivity contribution in [3.8, 4) is 11.1 Å². The Kier molecular flexibility index (Phi) is 8.67. The van der Waals surface area contributed by atoms with Crippen LogP contribution < -0.4 is 10.2 Å². The monoisotopic (exact) mass is 430 g/mol. The first-order valence-corrected chi connectivity index (χ1v) is 11.5. The summed E-state index contributed by atoms with van der Waals surface area (Å²) in [7, 11) is 1.88. The van der Waals surface area contributed by atoms with Crippen LogP contribution in [0.5, 0.6) is 0 Å². The first kappa shape index (κ1) is 23.3. The summed E-state index contributed by atoms with van der Waals surface area (Å²) in [5, 5.41) is 3.02. The first-order valence-electron chi connectivity index (χ1n) is 11.5. The molecule has 1 aromatic heterocycles. The highest BCUT2D eigenvalue weighted by molar-refractivity contribution is 5.89. The maximum Gasteiger partial charge on any atom is 0.321 e. The molecule has 5 nitrogen and oxygen atoms in total. The number of aromatic nitrogens is 1. The molecule has 0 aliphatic carbocycles. The second-order valence-electron chi connectivity index (χ2n) is 8.10. The first-order chi connectivity index (χ1) is 15.6. The lowest BCUT2D eigenvalue weighted by atomic mass is 10.0. The number of amides is 2. The second-order valence-corrected chi connectivity index (χ2v) is 8.10. The molecule has 2 aromatic carbocycles. The Balaban J connectivity index is 0.000000913. The molecule has 32 heavy (non-hydrogen) atoms. The average Bonchev–Trinajstić information content (AvgIpc) is 2.86. The van der Waals surface area contributed by atoms with E-state index in [1.54, 1.807) is 0 Å². The van der Waals surface area contributed by atoms with Crippen LogP contribution in [-0.2, 0) is 0 Å². The van der Waals surface area contributed by atoms with Crippen LogP contribution in [-0.4, -0.2) is 42.1 Å². The van der Waals surface area contributed by atoms with Gasteiger partial charge in [0.15, 0.2) is 0 Å². The van der Waals surface area contributed by atoms with Crippen LogP contribution in [0.1, 0.15) is 33.1 Å². The van der Waals surface area contributed by atoms with Crippen LogP contribution >= 0.6 is 0 Å². The predicted molar refractivity (Wildman–Crippen MR) is 134 cm³/mol. The number of carbonyl (C=O) groups is 1. The van der Waals surface area contributed by atoms with E-state index in [9.17, 15) is 4.79 Å². The predicted octanol–water partition coefficient (Wildman–Crippen LogP) is 6.30. The molecule has 0 radical (unpaired) electrons. The minimum atomic E-state index is -0.0613. The number of nitrogens with zero attached hydrogens (tertiary/aromatic N) is 3. The van der Waals surface area contributed by atoms with E-state index in [4.69, 9.17) is 0 Å². The van der Waals surface area contributed by atoms with Crippen LogP contribution in [0.2, 0.25) is 0 Å². The third-order valence-corrected chi connectivity index (χ3v) is 5.55. The summed E-state index contributed by atoms with van der Waals surface area (Å²) in [4.78, 5) is 21.2. The number of nitrogens with one attached hydrogen (secondary N) is 1. The molecule has 168 valence electrons. The quantitative estimate of drug-likeness (QED) is 0.528. The number of hydrogen-bond donors (Lipinski definition) is 1. The molecular formula is C27H34N4O. The van der Waals surface area contributed by atoms with Gasteiger partial charge in [0.25, 0.3) is 0 Å². The standard InChI is InChI=1S/C24H26N4O.C3H8/c1-27(22-14-17-28(18-15-22)23-9-5-6-16-25-23)24(29)26-21-12-10-20(11-13-21)19-7-3-2-4-8-19;1-3-2/h2-13,16,22H,14-15,17-18H2,1H3,(H,26,29);3H2,1-2H3. The SMILES string of the molecule is CCC.CN(C(=O)Nc1ccc(-c2ccccc2)cc1)C1CCN(c2ccccn2)CC1. The van der Waals surface area contributed by atoms with Crippen molar-refractivity contribution in [1.82, 2.24) is 9.88 Å². The molecule has 2 heterocycles. The molecule has 0 spiro atoms. The van der Waals surface area contributed by atoms with Gasteiger partial charge < -0.3 is 15.1 Å². The van der Waals surface area contributed by atoms with E-state index >= 15 is 0 Å². The van der Waals surface area contributed by atoms with Gasteiger partial charge in [-0.2, -0.15) is 0 Å². The maximum absolute atomic E-state index is 12.7. The Labute approximate surface area is 192 Å². The van der Waals surface area contributed by atoms with Gasteiger partial charge in [-0.05, 0) is 48.2 Å². The van der Waals surface area contributed by atoms with Gasteiger partial charge in [-0.15, -0.1) is 0 Å². The van der Waals surface area contributed by atoms with Crippen molar-refractivity contribution in [2.24, 2.45) is 0 Å². The molecule has 0 unspecified atom stereocenters. The van der Waals surface area contributed by atoms with Gasteiger partial charge in [-0.3, -0.25) is 0 Å². The third kappa shape index (κ3) is 6.33. The highest BCUT2D eigenvalue weighted by Gasteiger charge is 2.25. The second kappa shape index (κ2) is 11.9. The van der Waals surface area contributed by atoms with Crippen molar-refractivity contribution in [1.29, 1.82) is 0 Å². The van der Waals surface area contributed by atoms with Crippen molar-refractivity contribution in [3.63, 3.8) is 0 Å². The van der Waals surface area contributed by atoms with Crippen LogP contribution in [0.3, 0.4) is 0 Å². The van der Waals surface area contributed by atoms with Gasteiger partial charge in [-0.25, -0.2) is 9.78 Å². The smallest absolute Gasteiger partial charge is 0.321 e. The van der Waals surface area contributed by atoms with E-state index in [2.05, 4.69) is 41.2 Å². The Hall–Kier alpha value is -3.34. The van der Waals surface area contributed by atoms with Crippen LogP contribution in [0.15, 0.2) is 79.0 Å². The summed E-state index contributed by atoms with van der Waals surface area (Å²) in [5.41, 5.74) is 3.12. The fourth-order valence-corrected chi connectivity index (χ4v) is 3.78. The molecule has 0 atom stereocenters. The lowest BCUT2D eigenvalue weighted by molar-refractivity contribution is 0.193. The van der Waals surface area contributed by atoms with Crippen LogP contribution in [0.25, 0.3) is 11.1 Å². The third-order valence-electron chi connectivity index (χ3n) is 5.55. The molecule has 0 bridgehead atoms. The zero-order valence-electron chi connectivity index (χ0n) is 19.4. The maximum atomic E-state index is 12.7. The van der Waals surface area contributed by atoms with Crippen LogP contribution in [0.4, 0.5) is 16.3 Å². The lowest BCUT2D eigenvalue weighted by Gasteiger charge is -2.37. The minimum absolute atomic E-state index is 0.0613. The Morgan fingerprint density at radius 3 is 2.12 bits per heavy atom. The summed E-state index contributed by atoms with van der Waals surface area (Å²) < 4.78 is 0. The minimum Gasteiger partial charge on any atom is -0.356 e. The number of benzene rings is 2.